The molecular formula is C14H20O3. The van der Waals surface area contributed by atoms with E-state index in [0.29, 0.717) is 24.5 Å². The molecule has 17 heavy (non-hydrogen) atoms. The van der Waals surface area contributed by atoms with Gasteiger partial charge in [0.25, 0.3) is 0 Å². The number of ether oxygens (including phenoxy) is 2. The van der Waals surface area contributed by atoms with Crippen LogP contribution in [0.1, 0.15) is 42.6 Å². The summed E-state index contributed by atoms with van der Waals surface area (Å²) >= 11 is 0. The van der Waals surface area contributed by atoms with Gasteiger partial charge in [0.15, 0.2) is 0 Å². The summed E-state index contributed by atoms with van der Waals surface area (Å²) in [6, 6.07) is 5.57. The van der Waals surface area contributed by atoms with Crippen molar-refractivity contribution in [3.05, 3.63) is 29.3 Å². The van der Waals surface area contributed by atoms with Gasteiger partial charge in [-0.05, 0) is 32.4 Å². The fraction of sp³-hybridized carbons (Fsp3) is 0.500. The molecule has 0 aliphatic heterocycles. The van der Waals surface area contributed by atoms with Gasteiger partial charge in [0.1, 0.15) is 11.3 Å². The molecule has 0 spiro atoms. The third kappa shape index (κ3) is 4.10. The third-order valence-corrected chi connectivity index (χ3v) is 2.39. The molecule has 94 valence electrons. The summed E-state index contributed by atoms with van der Waals surface area (Å²) in [6.07, 6.45) is 2.05. The van der Waals surface area contributed by atoms with Gasteiger partial charge in [0.05, 0.1) is 13.2 Å². The summed E-state index contributed by atoms with van der Waals surface area (Å²) in [6.45, 7) is 6.85. The highest BCUT2D eigenvalue weighted by Crippen LogP contribution is 2.21. The smallest absolute Gasteiger partial charge is 0.341 e. The van der Waals surface area contributed by atoms with E-state index in [1.54, 1.807) is 13.0 Å². The minimum atomic E-state index is -0.317. The Kier molecular flexibility index (Phi) is 5.53. The number of unbranched alkanes of at least 4 members (excludes halogenated alkanes) is 1. The van der Waals surface area contributed by atoms with E-state index in [4.69, 9.17) is 9.47 Å². The largest absolute Gasteiger partial charge is 0.493 e. The molecule has 0 unspecified atom stereocenters. The zero-order valence-corrected chi connectivity index (χ0v) is 10.8. The highest BCUT2D eigenvalue weighted by molar-refractivity contribution is 5.92. The number of esters is 1. The molecule has 1 aromatic carbocycles. The number of carbonyl (C=O) groups excluding carboxylic acids is 1. The van der Waals surface area contributed by atoms with E-state index in [1.165, 1.54) is 0 Å². The molecule has 0 amide bonds. The maximum absolute atomic E-state index is 11.7. The first-order valence-electron chi connectivity index (χ1n) is 6.09. The lowest BCUT2D eigenvalue weighted by Gasteiger charge is -2.11. The predicted octanol–water partition coefficient (Wildman–Crippen LogP) is 3.35. The summed E-state index contributed by atoms with van der Waals surface area (Å²) < 4.78 is 10.6. The van der Waals surface area contributed by atoms with E-state index >= 15 is 0 Å². The molecule has 0 heterocycles. The summed E-state index contributed by atoms with van der Waals surface area (Å²) in [5.74, 6) is 0.296. The summed E-state index contributed by atoms with van der Waals surface area (Å²) in [5.41, 5.74) is 1.54. The Balaban J connectivity index is 2.83. The van der Waals surface area contributed by atoms with Gasteiger partial charge < -0.3 is 9.47 Å². The second-order valence-electron chi connectivity index (χ2n) is 3.92. The van der Waals surface area contributed by atoms with E-state index in [9.17, 15) is 4.79 Å². The van der Waals surface area contributed by atoms with Crippen LogP contribution in [-0.4, -0.2) is 19.2 Å². The van der Waals surface area contributed by atoms with Crippen LogP contribution in [0.4, 0.5) is 0 Å². The van der Waals surface area contributed by atoms with E-state index in [-0.39, 0.29) is 5.97 Å². The van der Waals surface area contributed by atoms with E-state index < -0.39 is 0 Å². The van der Waals surface area contributed by atoms with Crippen molar-refractivity contribution >= 4 is 5.97 Å². The Morgan fingerprint density at radius 3 is 2.71 bits per heavy atom. The van der Waals surface area contributed by atoms with Gasteiger partial charge in [0.2, 0.25) is 0 Å². The molecule has 0 saturated heterocycles. The van der Waals surface area contributed by atoms with Crippen molar-refractivity contribution in [3.8, 4) is 5.75 Å². The van der Waals surface area contributed by atoms with Gasteiger partial charge in [-0.25, -0.2) is 4.79 Å². The van der Waals surface area contributed by atoms with Crippen LogP contribution in [0.3, 0.4) is 0 Å². The number of hydrogen-bond acceptors (Lipinski definition) is 3. The fourth-order valence-corrected chi connectivity index (χ4v) is 1.46. The molecule has 0 atom stereocenters. The van der Waals surface area contributed by atoms with Gasteiger partial charge in [0, 0.05) is 0 Å². The van der Waals surface area contributed by atoms with Crippen LogP contribution in [0.5, 0.6) is 5.75 Å². The normalized spacial score (nSPS) is 10.1. The zero-order chi connectivity index (χ0) is 12.7. The maximum Gasteiger partial charge on any atom is 0.341 e. The van der Waals surface area contributed by atoms with Crippen molar-refractivity contribution < 1.29 is 14.3 Å². The molecular weight excluding hydrogens is 216 g/mol. The minimum absolute atomic E-state index is 0.317. The topological polar surface area (TPSA) is 35.5 Å². The van der Waals surface area contributed by atoms with E-state index in [0.717, 1.165) is 18.4 Å². The van der Waals surface area contributed by atoms with Crippen molar-refractivity contribution in [3.63, 3.8) is 0 Å². The van der Waals surface area contributed by atoms with Gasteiger partial charge in [-0.1, -0.05) is 25.0 Å². The zero-order valence-electron chi connectivity index (χ0n) is 10.8. The van der Waals surface area contributed by atoms with Crippen LogP contribution >= 0.6 is 0 Å². The Hall–Kier alpha value is -1.51. The van der Waals surface area contributed by atoms with Gasteiger partial charge in [-0.2, -0.15) is 0 Å². The van der Waals surface area contributed by atoms with Crippen molar-refractivity contribution in [2.45, 2.75) is 33.6 Å². The SMILES string of the molecule is CCCCOc1ccc(C)cc1C(=O)OCC. The van der Waals surface area contributed by atoms with Crippen molar-refractivity contribution in [2.75, 3.05) is 13.2 Å². The predicted molar refractivity (Wildman–Crippen MR) is 67.5 cm³/mol. The summed E-state index contributed by atoms with van der Waals surface area (Å²) in [4.78, 5) is 11.7. The number of aryl methyl sites for hydroxylation is 1. The first-order valence-corrected chi connectivity index (χ1v) is 6.09. The minimum Gasteiger partial charge on any atom is -0.493 e. The van der Waals surface area contributed by atoms with Crippen molar-refractivity contribution in [2.24, 2.45) is 0 Å². The van der Waals surface area contributed by atoms with Crippen LogP contribution in [0.15, 0.2) is 18.2 Å². The summed E-state index contributed by atoms with van der Waals surface area (Å²) in [7, 11) is 0. The fourth-order valence-electron chi connectivity index (χ4n) is 1.46. The molecule has 0 bridgehead atoms. The van der Waals surface area contributed by atoms with Gasteiger partial charge in [-0.3, -0.25) is 0 Å². The molecule has 0 N–H and O–H groups in total. The molecule has 0 fully saturated rings. The number of rotatable bonds is 6. The standard InChI is InChI=1S/C14H20O3/c1-4-6-9-17-13-8-7-11(3)10-12(13)14(15)16-5-2/h7-8,10H,4-6,9H2,1-3H3. The average molecular weight is 236 g/mol. The van der Waals surface area contributed by atoms with Crippen LogP contribution in [0, 0.1) is 6.92 Å². The Labute approximate surface area is 103 Å². The highest BCUT2D eigenvalue weighted by atomic mass is 16.5. The molecule has 0 saturated carbocycles. The lowest BCUT2D eigenvalue weighted by atomic mass is 10.1. The number of benzene rings is 1. The Bertz CT molecular complexity index is 372. The van der Waals surface area contributed by atoms with Crippen LogP contribution < -0.4 is 4.74 Å². The van der Waals surface area contributed by atoms with Gasteiger partial charge >= 0.3 is 5.97 Å². The number of hydrogen-bond donors (Lipinski definition) is 0. The first-order chi connectivity index (χ1) is 8.19. The molecule has 0 radical (unpaired) electrons. The van der Waals surface area contributed by atoms with Crippen LogP contribution in [0.2, 0.25) is 0 Å². The van der Waals surface area contributed by atoms with E-state index in [1.807, 2.05) is 19.1 Å². The Morgan fingerprint density at radius 2 is 2.06 bits per heavy atom. The third-order valence-electron chi connectivity index (χ3n) is 2.39. The molecule has 1 aromatic rings. The maximum atomic E-state index is 11.7. The highest BCUT2D eigenvalue weighted by Gasteiger charge is 2.13. The molecule has 0 aromatic heterocycles. The quantitative estimate of drug-likeness (QED) is 0.561. The van der Waals surface area contributed by atoms with Gasteiger partial charge in [-0.15, -0.1) is 0 Å². The second-order valence-corrected chi connectivity index (χ2v) is 3.92. The number of carbonyl (C=O) groups is 1. The second kappa shape index (κ2) is 6.94. The summed E-state index contributed by atoms with van der Waals surface area (Å²) in [5, 5.41) is 0. The van der Waals surface area contributed by atoms with Crippen molar-refractivity contribution in [1.29, 1.82) is 0 Å². The monoisotopic (exact) mass is 236 g/mol. The lowest BCUT2D eigenvalue weighted by molar-refractivity contribution is 0.0521. The molecule has 0 aliphatic rings. The molecule has 1 rings (SSSR count). The Morgan fingerprint density at radius 1 is 1.29 bits per heavy atom. The van der Waals surface area contributed by atoms with E-state index in [2.05, 4.69) is 6.92 Å². The van der Waals surface area contributed by atoms with Crippen LogP contribution in [-0.2, 0) is 4.74 Å². The lowest BCUT2D eigenvalue weighted by Crippen LogP contribution is -2.08. The molecule has 3 heteroatoms. The first kappa shape index (κ1) is 13.6. The molecule has 0 aliphatic carbocycles. The average Bonchev–Trinajstić information content (AvgIpc) is 2.31. The molecule has 3 nitrogen and oxygen atoms in total. The van der Waals surface area contributed by atoms with Crippen LogP contribution in [0.25, 0.3) is 0 Å². The van der Waals surface area contributed by atoms with Crippen molar-refractivity contribution in [1.82, 2.24) is 0 Å².